The molecule has 9 aromatic carbocycles. The van der Waals surface area contributed by atoms with E-state index in [4.69, 9.17) is 14.4 Å². The van der Waals surface area contributed by atoms with Crippen LogP contribution in [0, 0.1) is 0 Å². The van der Waals surface area contributed by atoms with Crippen LogP contribution in [0.3, 0.4) is 0 Å². The van der Waals surface area contributed by atoms with Gasteiger partial charge in [0.05, 0.1) is 16.8 Å². The molecule has 2 aliphatic carbocycles. The summed E-state index contributed by atoms with van der Waals surface area (Å²) in [4.78, 5) is 10.9. The lowest BCUT2D eigenvalue weighted by atomic mass is 9.66. The molecular formula is C59H36N2O. The molecule has 2 aromatic heterocycles. The summed E-state index contributed by atoms with van der Waals surface area (Å²) in [7, 11) is 0. The maximum atomic E-state index is 6.25. The van der Waals surface area contributed by atoms with Gasteiger partial charge in [0.2, 0.25) is 0 Å². The quantitative estimate of drug-likeness (QED) is 0.178. The van der Waals surface area contributed by atoms with E-state index in [2.05, 4.69) is 206 Å². The molecule has 288 valence electrons. The van der Waals surface area contributed by atoms with Gasteiger partial charge in [-0.15, -0.1) is 0 Å². The van der Waals surface area contributed by atoms with E-state index >= 15 is 0 Å². The second-order valence-electron chi connectivity index (χ2n) is 16.4. The van der Waals surface area contributed by atoms with Crippen LogP contribution < -0.4 is 0 Å². The molecule has 2 aliphatic rings. The van der Waals surface area contributed by atoms with Crippen LogP contribution >= 0.6 is 0 Å². The number of nitrogens with zero attached hydrogens (tertiary/aromatic N) is 2. The van der Waals surface area contributed by atoms with Crippen molar-refractivity contribution in [2.24, 2.45) is 0 Å². The van der Waals surface area contributed by atoms with E-state index in [1.807, 2.05) is 12.1 Å². The Morgan fingerprint density at radius 2 is 0.790 bits per heavy atom. The number of furan rings is 1. The van der Waals surface area contributed by atoms with Crippen LogP contribution in [0.1, 0.15) is 22.3 Å². The van der Waals surface area contributed by atoms with E-state index in [9.17, 15) is 0 Å². The van der Waals surface area contributed by atoms with Crippen LogP contribution in [0.15, 0.2) is 223 Å². The first kappa shape index (κ1) is 34.7. The van der Waals surface area contributed by atoms with Gasteiger partial charge in [-0.25, -0.2) is 9.97 Å². The topological polar surface area (TPSA) is 38.9 Å². The monoisotopic (exact) mass is 788 g/mol. The molecule has 0 bridgehead atoms. The Hall–Kier alpha value is -8.14. The molecule has 0 saturated carbocycles. The van der Waals surface area contributed by atoms with Gasteiger partial charge in [0, 0.05) is 27.5 Å². The van der Waals surface area contributed by atoms with E-state index in [1.165, 1.54) is 55.6 Å². The third-order valence-corrected chi connectivity index (χ3v) is 13.2. The van der Waals surface area contributed by atoms with Crippen molar-refractivity contribution in [2.75, 3.05) is 0 Å². The molecule has 0 amide bonds. The molecule has 13 rings (SSSR count). The Labute approximate surface area is 359 Å². The second kappa shape index (κ2) is 13.4. The minimum absolute atomic E-state index is 0.554. The fraction of sp³-hybridized carbons (Fsp3) is 0.0169. The zero-order valence-electron chi connectivity index (χ0n) is 33.6. The zero-order chi connectivity index (χ0) is 40.8. The van der Waals surface area contributed by atoms with Gasteiger partial charge in [-0.05, 0) is 103 Å². The molecule has 0 fully saturated rings. The van der Waals surface area contributed by atoms with Gasteiger partial charge in [-0.2, -0.15) is 0 Å². The predicted octanol–water partition coefficient (Wildman–Crippen LogP) is 15.1. The number of benzene rings is 9. The lowest BCUT2D eigenvalue weighted by Crippen LogP contribution is -2.29. The third kappa shape index (κ3) is 5.00. The Morgan fingerprint density at radius 3 is 1.48 bits per heavy atom. The lowest BCUT2D eigenvalue weighted by Gasteiger charge is -2.35. The van der Waals surface area contributed by atoms with Crippen LogP contribution in [-0.2, 0) is 5.41 Å². The van der Waals surface area contributed by atoms with E-state index in [0.29, 0.717) is 5.82 Å². The van der Waals surface area contributed by atoms with Crippen molar-refractivity contribution in [3.63, 3.8) is 0 Å². The second-order valence-corrected chi connectivity index (χ2v) is 16.4. The number of rotatable bonds is 4. The molecule has 62 heavy (non-hydrogen) atoms. The smallest absolute Gasteiger partial charge is 0.160 e. The van der Waals surface area contributed by atoms with Gasteiger partial charge in [0.15, 0.2) is 5.82 Å². The van der Waals surface area contributed by atoms with Gasteiger partial charge in [-0.1, -0.05) is 182 Å². The maximum Gasteiger partial charge on any atom is 0.160 e. The predicted molar refractivity (Wildman–Crippen MR) is 253 cm³/mol. The van der Waals surface area contributed by atoms with Gasteiger partial charge < -0.3 is 4.42 Å². The third-order valence-electron chi connectivity index (χ3n) is 13.2. The Morgan fingerprint density at radius 1 is 0.290 bits per heavy atom. The van der Waals surface area contributed by atoms with Crippen molar-refractivity contribution in [3.05, 3.63) is 241 Å². The first-order chi connectivity index (χ1) is 30.7. The molecular weight excluding hydrogens is 753 g/mol. The summed E-state index contributed by atoms with van der Waals surface area (Å²) in [6.45, 7) is 0. The number of hydrogen-bond donors (Lipinski definition) is 0. The molecule has 1 spiro atoms. The van der Waals surface area contributed by atoms with Gasteiger partial charge >= 0.3 is 0 Å². The Bertz CT molecular complexity index is 3530. The summed E-state index contributed by atoms with van der Waals surface area (Å²) in [5.41, 5.74) is 20.7. The van der Waals surface area contributed by atoms with Crippen molar-refractivity contribution in [2.45, 2.75) is 5.41 Å². The molecule has 3 heteroatoms. The summed E-state index contributed by atoms with van der Waals surface area (Å²) in [6, 6.07) is 78.7. The number of hydrogen-bond acceptors (Lipinski definition) is 3. The first-order valence-electron chi connectivity index (χ1n) is 21.2. The summed E-state index contributed by atoms with van der Waals surface area (Å²) in [5, 5.41) is 2.15. The number of para-hydroxylation sites is 1. The van der Waals surface area contributed by atoms with Crippen molar-refractivity contribution in [1.82, 2.24) is 9.97 Å². The molecule has 0 saturated heterocycles. The first-order valence-corrected chi connectivity index (χ1v) is 21.2. The highest BCUT2D eigenvalue weighted by Gasteiger charge is 2.49. The zero-order valence-corrected chi connectivity index (χ0v) is 33.6. The van der Waals surface area contributed by atoms with Gasteiger partial charge in [-0.3, -0.25) is 0 Å². The molecule has 0 atom stereocenters. The summed E-state index contributed by atoms with van der Waals surface area (Å²) in [5.74, 6) is 0.674. The highest BCUT2D eigenvalue weighted by Crippen LogP contribution is 2.61. The normalized spacial score (nSPS) is 13.0. The average Bonchev–Trinajstić information content (AvgIpc) is 3.84. The van der Waals surface area contributed by atoms with Gasteiger partial charge in [0.25, 0.3) is 0 Å². The molecule has 0 N–H and O–H groups in total. The molecule has 11 aromatic rings. The summed E-state index contributed by atoms with van der Waals surface area (Å²) < 4.78 is 6.25. The fourth-order valence-corrected chi connectivity index (χ4v) is 10.5. The number of aromatic nitrogens is 2. The minimum Gasteiger partial charge on any atom is -0.456 e. The fourth-order valence-electron chi connectivity index (χ4n) is 10.5. The van der Waals surface area contributed by atoms with Crippen molar-refractivity contribution in [3.8, 4) is 78.4 Å². The SMILES string of the molecule is c1ccc(-c2ccccc2-c2cc(-c3ccc4oc5ccccc5c4c3)nc(-c3ccc4c(c3)-c3ccccc3C43c4ccccc4-c4ccccc4-c4ccccc43)n2)cc1. The molecule has 0 radical (unpaired) electrons. The van der Waals surface area contributed by atoms with Crippen LogP contribution in [0.4, 0.5) is 0 Å². The van der Waals surface area contributed by atoms with Crippen LogP contribution in [0.2, 0.25) is 0 Å². The average molecular weight is 789 g/mol. The van der Waals surface area contributed by atoms with Crippen LogP contribution in [0.5, 0.6) is 0 Å². The van der Waals surface area contributed by atoms with Gasteiger partial charge in [0.1, 0.15) is 11.2 Å². The van der Waals surface area contributed by atoms with E-state index in [0.717, 1.165) is 61.1 Å². The highest BCUT2D eigenvalue weighted by atomic mass is 16.3. The standard InChI is InChI=1S/C59H36N2O/c1-2-16-37(17-3-1)40-18-4-7-24-46(40)55-36-54(38-31-33-57-49(34-38)47-25-11-15-29-56(47)62-57)60-58(61-55)39-30-32-53-48(35-39)45-23-10-14-28-52(45)59(53)50-26-12-8-21-43(50)41-19-5-6-20-42(41)44-22-9-13-27-51(44)59/h1-36H. The molecule has 3 nitrogen and oxygen atoms in total. The van der Waals surface area contributed by atoms with E-state index in [1.54, 1.807) is 0 Å². The van der Waals surface area contributed by atoms with Crippen LogP contribution in [-0.4, -0.2) is 9.97 Å². The largest absolute Gasteiger partial charge is 0.456 e. The van der Waals surface area contributed by atoms with E-state index in [-0.39, 0.29) is 0 Å². The minimum atomic E-state index is -0.554. The Balaban J connectivity index is 1.06. The Kier molecular flexibility index (Phi) is 7.52. The molecule has 0 unspecified atom stereocenters. The van der Waals surface area contributed by atoms with Crippen molar-refractivity contribution in [1.29, 1.82) is 0 Å². The van der Waals surface area contributed by atoms with E-state index < -0.39 is 5.41 Å². The van der Waals surface area contributed by atoms with Crippen LogP contribution in [0.25, 0.3) is 100 Å². The maximum absolute atomic E-state index is 6.25. The van der Waals surface area contributed by atoms with Crippen molar-refractivity contribution >= 4 is 21.9 Å². The number of fused-ring (bicyclic) bond motifs is 15. The molecule has 0 aliphatic heterocycles. The highest BCUT2D eigenvalue weighted by molar-refractivity contribution is 6.06. The van der Waals surface area contributed by atoms with Crippen molar-refractivity contribution < 1.29 is 4.42 Å². The summed E-state index contributed by atoms with van der Waals surface area (Å²) >= 11 is 0. The summed E-state index contributed by atoms with van der Waals surface area (Å²) in [6.07, 6.45) is 0. The molecule has 2 heterocycles. The lowest BCUT2D eigenvalue weighted by molar-refractivity contribution is 0.669.